The van der Waals surface area contributed by atoms with Crippen molar-refractivity contribution in [2.24, 2.45) is 0 Å². The lowest BCUT2D eigenvalue weighted by atomic mass is 10.1. The Morgan fingerprint density at radius 2 is 1.93 bits per heavy atom. The predicted molar refractivity (Wildman–Crippen MR) is 101 cm³/mol. The molecule has 0 aliphatic rings. The maximum absolute atomic E-state index is 13.0. The fourth-order valence-corrected chi connectivity index (χ4v) is 3.94. The second-order valence-corrected chi connectivity index (χ2v) is 7.71. The predicted octanol–water partition coefficient (Wildman–Crippen LogP) is 3.11. The highest BCUT2D eigenvalue weighted by Crippen LogP contribution is 2.40. The van der Waals surface area contributed by atoms with E-state index in [-0.39, 0.29) is 28.6 Å². The van der Waals surface area contributed by atoms with Gasteiger partial charge in [0.15, 0.2) is 11.6 Å². The first-order valence-corrected chi connectivity index (χ1v) is 9.70. The Hall–Kier alpha value is -3.40. The molecule has 1 aromatic heterocycles. The van der Waals surface area contributed by atoms with Gasteiger partial charge in [0.1, 0.15) is 0 Å². The molecule has 0 saturated heterocycles. The molecular formula is C18H17N3O6S. The van der Waals surface area contributed by atoms with E-state index < -0.39 is 26.4 Å². The highest BCUT2D eigenvalue weighted by atomic mass is 32.2. The van der Waals surface area contributed by atoms with Gasteiger partial charge >= 0.3 is 5.69 Å². The van der Waals surface area contributed by atoms with Crippen molar-refractivity contribution in [3.8, 4) is 22.9 Å². The summed E-state index contributed by atoms with van der Waals surface area (Å²) in [4.78, 5) is 14.6. The van der Waals surface area contributed by atoms with Crippen molar-refractivity contribution in [2.45, 2.75) is 18.7 Å². The zero-order valence-corrected chi connectivity index (χ0v) is 15.9. The van der Waals surface area contributed by atoms with E-state index >= 15 is 0 Å². The molecule has 0 atom stereocenters. The Morgan fingerprint density at radius 3 is 2.54 bits per heavy atom. The fraction of sp³-hybridized carbons (Fsp3) is 0.167. The fourth-order valence-electron chi connectivity index (χ4n) is 2.64. The molecule has 2 aromatic carbocycles. The number of aromatic hydroxyl groups is 1. The number of hydrogen-bond acceptors (Lipinski definition) is 7. The van der Waals surface area contributed by atoms with Crippen molar-refractivity contribution >= 4 is 15.7 Å². The van der Waals surface area contributed by atoms with Gasteiger partial charge in [-0.05, 0) is 32.0 Å². The van der Waals surface area contributed by atoms with Gasteiger partial charge in [0.25, 0.3) is 10.0 Å². The van der Waals surface area contributed by atoms with Gasteiger partial charge in [0, 0.05) is 24.0 Å². The van der Waals surface area contributed by atoms with E-state index in [0.717, 1.165) is 15.6 Å². The van der Waals surface area contributed by atoms with Gasteiger partial charge < -0.3 is 9.84 Å². The lowest BCUT2D eigenvalue weighted by Gasteiger charge is -2.12. The zero-order chi connectivity index (χ0) is 20.5. The van der Waals surface area contributed by atoms with E-state index in [4.69, 9.17) is 4.74 Å². The molecule has 0 bridgehead atoms. The maximum Gasteiger partial charge on any atom is 0.315 e. The van der Waals surface area contributed by atoms with Crippen LogP contribution in [0.3, 0.4) is 0 Å². The van der Waals surface area contributed by atoms with Gasteiger partial charge in [-0.2, -0.15) is 0 Å². The number of aryl methyl sites for hydroxylation is 1. The minimum atomic E-state index is -3.98. The van der Waals surface area contributed by atoms with Crippen molar-refractivity contribution in [1.29, 1.82) is 0 Å². The van der Waals surface area contributed by atoms with Crippen LogP contribution in [0.1, 0.15) is 12.5 Å². The lowest BCUT2D eigenvalue weighted by molar-refractivity contribution is -0.385. The van der Waals surface area contributed by atoms with Crippen LogP contribution < -0.4 is 4.74 Å². The number of benzene rings is 2. The van der Waals surface area contributed by atoms with Gasteiger partial charge in [-0.15, -0.1) is 0 Å². The molecule has 0 saturated carbocycles. The zero-order valence-electron chi connectivity index (χ0n) is 15.1. The van der Waals surface area contributed by atoms with Crippen molar-refractivity contribution < 1.29 is 23.2 Å². The molecule has 3 aromatic rings. The number of aromatic nitrogens is 2. The Labute approximate surface area is 161 Å². The quantitative estimate of drug-likeness (QED) is 0.495. The summed E-state index contributed by atoms with van der Waals surface area (Å²) < 4.78 is 32.2. The molecule has 3 rings (SSSR count). The first-order chi connectivity index (χ1) is 13.3. The Balaban J connectivity index is 2.19. The number of rotatable bonds is 6. The smallest absolute Gasteiger partial charge is 0.315 e. The molecule has 0 aliphatic heterocycles. The largest absolute Gasteiger partial charge is 0.500 e. The highest BCUT2D eigenvalue weighted by molar-refractivity contribution is 7.90. The second-order valence-electron chi connectivity index (χ2n) is 5.90. The van der Waals surface area contributed by atoms with Crippen molar-refractivity contribution in [1.82, 2.24) is 8.96 Å². The monoisotopic (exact) mass is 403 g/mol. The number of imidazole rings is 1. The summed E-state index contributed by atoms with van der Waals surface area (Å²) >= 11 is 0. The summed E-state index contributed by atoms with van der Waals surface area (Å²) in [5.74, 6) is -0.797. The minimum absolute atomic E-state index is 0.0374. The van der Waals surface area contributed by atoms with Crippen LogP contribution in [-0.2, 0) is 10.0 Å². The van der Waals surface area contributed by atoms with Gasteiger partial charge in [-0.25, -0.2) is 17.4 Å². The maximum atomic E-state index is 13.0. The van der Waals surface area contributed by atoms with Crippen LogP contribution in [-0.4, -0.2) is 34.0 Å². The summed E-state index contributed by atoms with van der Waals surface area (Å²) in [5, 5.41) is 21.3. The molecular weight excluding hydrogens is 386 g/mol. The summed E-state index contributed by atoms with van der Waals surface area (Å²) in [6, 6.07) is 8.65. The Morgan fingerprint density at radius 1 is 1.25 bits per heavy atom. The lowest BCUT2D eigenvalue weighted by Crippen LogP contribution is -2.13. The van der Waals surface area contributed by atoms with Crippen LogP contribution in [0.4, 0.5) is 5.69 Å². The number of ether oxygens (including phenoxy) is 1. The minimum Gasteiger partial charge on any atom is -0.500 e. The van der Waals surface area contributed by atoms with E-state index in [2.05, 4.69) is 4.98 Å². The number of phenolic OH excluding ortho intramolecular Hbond substituents is 1. The molecule has 1 heterocycles. The first-order valence-electron chi connectivity index (χ1n) is 8.26. The topological polar surface area (TPSA) is 125 Å². The van der Waals surface area contributed by atoms with E-state index in [9.17, 15) is 23.6 Å². The van der Waals surface area contributed by atoms with Crippen LogP contribution in [0.25, 0.3) is 11.4 Å². The van der Waals surface area contributed by atoms with E-state index in [1.807, 2.05) is 6.92 Å². The highest BCUT2D eigenvalue weighted by Gasteiger charge is 2.26. The van der Waals surface area contributed by atoms with Gasteiger partial charge in [0.05, 0.1) is 16.4 Å². The van der Waals surface area contributed by atoms with Crippen LogP contribution in [0, 0.1) is 17.0 Å². The molecule has 0 aliphatic carbocycles. The molecule has 9 nitrogen and oxygen atoms in total. The average Bonchev–Trinajstić information content (AvgIpc) is 3.14. The van der Waals surface area contributed by atoms with E-state index in [1.54, 1.807) is 19.1 Å². The number of nitro benzene ring substituents is 1. The molecule has 10 heteroatoms. The summed E-state index contributed by atoms with van der Waals surface area (Å²) in [5.41, 5.74) is 0.414. The van der Waals surface area contributed by atoms with Gasteiger partial charge in [-0.3, -0.25) is 10.1 Å². The van der Waals surface area contributed by atoms with Crippen LogP contribution >= 0.6 is 0 Å². The third-order valence-corrected chi connectivity index (χ3v) is 5.68. The third-order valence-electron chi connectivity index (χ3n) is 3.99. The van der Waals surface area contributed by atoms with Gasteiger partial charge in [0.2, 0.25) is 5.75 Å². The molecule has 1 N–H and O–H groups in total. The van der Waals surface area contributed by atoms with Crippen LogP contribution in [0.15, 0.2) is 53.7 Å². The van der Waals surface area contributed by atoms with Gasteiger partial charge in [-0.1, -0.05) is 17.7 Å². The molecule has 0 radical (unpaired) electrons. The molecule has 28 heavy (non-hydrogen) atoms. The molecule has 0 spiro atoms. The van der Waals surface area contributed by atoms with Crippen LogP contribution in [0.2, 0.25) is 0 Å². The van der Waals surface area contributed by atoms with Crippen molar-refractivity contribution in [3.63, 3.8) is 0 Å². The molecule has 0 fully saturated rings. The van der Waals surface area contributed by atoms with Crippen molar-refractivity contribution in [2.75, 3.05) is 6.61 Å². The Bertz CT molecular complexity index is 1140. The number of nitrogens with zero attached hydrogens (tertiary/aromatic N) is 3. The number of hydrogen-bond donors (Lipinski definition) is 1. The number of nitro groups is 1. The Kier molecular flexibility index (Phi) is 5.06. The average molecular weight is 403 g/mol. The summed E-state index contributed by atoms with van der Waals surface area (Å²) in [7, 11) is -3.98. The van der Waals surface area contributed by atoms with E-state index in [1.165, 1.54) is 30.6 Å². The van der Waals surface area contributed by atoms with Crippen molar-refractivity contribution in [3.05, 3.63) is 64.5 Å². The molecule has 0 amide bonds. The molecule has 0 unspecified atom stereocenters. The summed E-state index contributed by atoms with van der Waals surface area (Å²) in [6.07, 6.45) is 2.53. The first kappa shape index (κ1) is 19.4. The molecule has 146 valence electrons. The summed E-state index contributed by atoms with van der Waals surface area (Å²) in [6.45, 7) is 3.65. The third kappa shape index (κ3) is 3.41. The normalized spacial score (nSPS) is 11.4. The SMILES string of the molecule is CCOc1cc(-c2nccn2S(=O)(=O)c2ccc(C)cc2)cc([N+](=O)[O-])c1O. The van der Waals surface area contributed by atoms with E-state index in [0.29, 0.717) is 0 Å². The second kappa shape index (κ2) is 7.31. The standard InChI is InChI=1S/C18H17N3O6S/c1-3-27-16-11-13(10-15(17(16)22)21(23)24)18-19-8-9-20(18)28(25,26)14-6-4-12(2)5-7-14/h4-11,22H,3H2,1-2H3. The number of phenols is 1. The van der Waals surface area contributed by atoms with Crippen LogP contribution in [0.5, 0.6) is 11.5 Å².